The van der Waals surface area contributed by atoms with Crippen molar-refractivity contribution in [2.75, 3.05) is 25.0 Å². The highest BCUT2D eigenvalue weighted by Gasteiger charge is 2.49. The number of halogens is 1. The van der Waals surface area contributed by atoms with Crippen molar-refractivity contribution in [3.63, 3.8) is 0 Å². The van der Waals surface area contributed by atoms with Crippen LogP contribution >= 0.6 is 11.6 Å². The molecule has 5 amide bonds. The number of hydrogen-bond donors (Lipinski definition) is 2. The zero-order valence-electron chi connectivity index (χ0n) is 18.1. The predicted octanol–water partition coefficient (Wildman–Crippen LogP) is 3.23. The van der Waals surface area contributed by atoms with Crippen LogP contribution in [0.25, 0.3) is 0 Å². The molecule has 9 heteroatoms. The van der Waals surface area contributed by atoms with Crippen LogP contribution in [0.1, 0.15) is 36.7 Å². The topological polar surface area (TPSA) is 98.8 Å². The van der Waals surface area contributed by atoms with Gasteiger partial charge < -0.3 is 15.5 Å². The molecule has 0 aromatic heterocycles. The average Bonchev–Trinajstić information content (AvgIpc) is 2.99. The lowest BCUT2D eigenvalue weighted by Gasteiger charge is -2.22. The summed E-state index contributed by atoms with van der Waals surface area (Å²) in [5.74, 6) is -1.15. The first-order valence-electron chi connectivity index (χ1n) is 10.3. The van der Waals surface area contributed by atoms with Crippen molar-refractivity contribution in [2.45, 2.75) is 26.3 Å². The number of benzene rings is 2. The van der Waals surface area contributed by atoms with E-state index in [4.69, 9.17) is 11.6 Å². The minimum Gasteiger partial charge on any atom is -0.339 e. The van der Waals surface area contributed by atoms with Crippen molar-refractivity contribution in [1.82, 2.24) is 15.1 Å². The minimum atomic E-state index is -1.28. The molecule has 3 rings (SSSR count). The Bertz CT molecular complexity index is 1030. The zero-order chi connectivity index (χ0) is 23.5. The molecule has 1 aliphatic rings. The summed E-state index contributed by atoms with van der Waals surface area (Å²) < 4.78 is 0. The van der Waals surface area contributed by atoms with Crippen LogP contribution in [-0.2, 0) is 15.1 Å². The van der Waals surface area contributed by atoms with Gasteiger partial charge in [0, 0.05) is 29.4 Å². The van der Waals surface area contributed by atoms with Gasteiger partial charge in [-0.2, -0.15) is 0 Å². The fourth-order valence-corrected chi connectivity index (χ4v) is 3.68. The minimum absolute atomic E-state index is 0.0892. The second kappa shape index (κ2) is 9.40. The summed E-state index contributed by atoms with van der Waals surface area (Å²) in [7, 11) is 0. The Morgan fingerprint density at radius 2 is 1.62 bits per heavy atom. The lowest BCUT2D eigenvalue weighted by atomic mass is 9.92. The summed E-state index contributed by atoms with van der Waals surface area (Å²) in [6, 6.07) is 12.4. The molecule has 0 unspecified atom stereocenters. The first-order valence-corrected chi connectivity index (χ1v) is 10.7. The summed E-state index contributed by atoms with van der Waals surface area (Å²) in [5.41, 5.74) is 0.253. The predicted molar refractivity (Wildman–Crippen MR) is 121 cm³/mol. The standard InChI is InChI=1S/C23H25ClN4O4/c1-4-27(5-2)20(30)15-6-12-18(13-7-15)25-19(29)14-28-21(31)23(3,26-22(28)32)16-8-10-17(24)11-9-16/h6-13H,4-5,14H2,1-3H3,(H,25,29)(H,26,32)/t23-/m0/s1. The Kier molecular flexibility index (Phi) is 6.84. The van der Waals surface area contributed by atoms with E-state index in [0.29, 0.717) is 34.9 Å². The molecule has 0 radical (unpaired) electrons. The second-order valence-corrected chi connectivity index (χ2v) is 7.99. The summed E-state index contributed by atoms with van der Waals surface area (Å²) in [4.78, 5) is 52.8. The number of carbonyl (C=O) groups is 4. The molecule has 1 saturated heterocycles. The molecule has 2 N–H and O–H groups in total. The fourth-order valence-electron chi connectivity index (χ4n) is 3.55. The van der Waals surface area contributed by atoms with Crippen LogP contribution in [0.5, 0.6) is 0 Å². The quantitative estimate of drug-likeness (QED) is 0.625. The Hall–Kier alpha value is -3.39. The summed E-state index contributed by atoms with van der Waals surface area (Å²) in [6.07, 6.45) is 0. The van der Waals surface area contributed by atoms with Crippen molar-refractivity contribution < 1.29 is 19.2 Å². The molecule has 2 aromatic rings. The largest absolute Gasteiger partial charge is 0.339 e. The SMILES string of the molecule is CCN(CC)C(=O)c1ccc(NC(=O)CN2C(=O)N[C@@](C)(c3ccc(Cl)cc3)C2=O)cc1. The number of carbonyl (C=O) groups excluding carboxylic acids is 4. The lowest BCUT2D eigenvalue weighted by Crippen LogP contribution is -2.42. The maximum atomic E-state index is 12.9. The van der Waals surface area contributed by atoms with Crippen molar-refractivity contribution in [2.24, 2.45) is 0 Å². The third-order valence-corrected chi connectivity index (χ3v) is 5.72. The Morgan fingerprint density at radius 3 is 2.19 bits per heavy atom. The van der Waals surface area contributed by atoms with Gasteiger partial charge in [0.15, 0.2) is 0 Å². The van der Waals surface area contributed by atoms with E-state index >= 15 is 0 Å². The van der Waals surface area contributed by atoms with Gasteiger partial charge in [-0.25, -0.2) is 4.79 Å². The van der Waals surface area contributed by atoms with Gasteiger partial charge in [-0.05, 0) is 62.7 Å². The van der Waals surface area contributed by atoms with Gasteiger partial charge in [-0.3, -0.25) is 19.3 Å². The van der Waals surface area contributed by atoms with E-state index in [0.717, 1.165) is 4.90 Å². The molecule has 1 fully saturated rings. The Labute approximate surface area is 191 Å². The van der Waals surface area contributed by atoms with E-state index in [2.05, 4.69) is 10.6 Å². The van der Waals surface area contributed by atoms with Crippen LogP contribution in [0.3, 0.4) is 0 Å². The zero-order valence-corrected chi connectivity index (χ0v) is 18.9. The van der Waals surface area contributed by atoms with Gasteiger partial charge in [0.2, 0.25) is 5.91 Å². The highest BCUT2D eigenvalue weighted by atomic mass is 35.5. The van der Waals surface area contributed by atoms with E-state index in [-0.39, 0.29) is 5.91 Å². The van der Waals surface area contributed by atoms with Gasteiger partial charge in [0.05, 0.1) is 0 Å². The third-order valence-electron chi connectivity index (χ3n) is 5.46. The van der Waals surface area contributed by atoms with Crippen molar-refractivity contribution in [3.05, 3.63) is 64.7 Å². The lowest BCUT2D eigenvalue weighted by molar-refractivity contribution is -0.133. The second-order valence-electron chi connectivity index (χ2n) is 7.56. The third kappa shape index (κ3) is 4.60. The molecule has 0 saturated carbocycles. The van der Waals surface area contributed by atoms with Crippen LogP contribution < -0.4 is 10.6 Å². The van der Waals surface area contributed by atoms with Crippen LogP contribution in [0.2, 0.25) is 5.02 Å². The smallest absolute Gasteiger partial charge is 0.325 e. The highest BCUT2D eigenvalue weighted by Crippen LogP contribution is 2.29. The first-order chi connectivity index (χ1) is 15.2. The molecular weight excluding hydrogens is 432 g/mol. The number of nitrogens with zero attached hydrogens (tertiary/aromatic N) is 2. The normalized spacial score (nSPS) is 17.8. The van der Waals surface area contributed by atoms with Gasteiger partial charge in [0.1, 0.15) is 12.1 Å². The van der Waals surface area contributed by atoms with Gasteiger partial charge in [0.25, 0.3) is 11.8 Å². The summed E-state index contributed by atoms with van der Waals surface area (Å²) in [5, 5.41) is 5.81. The number of nitrogens with one attached hydrogen (secondary N) is 2. The Morgan fingerprint density at radius 1 is 1.03 bits per heavy atom. The number of urea groups is 1. The van der Waals surface area contributed by atoms with E-state index in [9.17, 15) is 19.2 Å². The molecule has 1 atom stereocenters. The van der Waals surface area contributed by atoms with Crippen molar-refractivity contribution in [1.29, 1.82) is 0 Å². The van der Waals surface area contributed by atoms with Crippen LogP contribution in [0, 0.1) is 0 Å². The highest BCUT2D eigenvalue weighted by molar-refractivity contribution is 6.30. The van der Waals surface area contributed by atoms with Crippen LogP contribution in [0.15, 0.2) is 48.5 Å². The number of anilines is 1. The number of hydrogen-bond acceptors (Lipinski definition) is 4. The average molecular weight is 457 g/mol. The monoisotopic (exact) mass is 456 g/mol. The number of imide groups is 1. The van der Waals surface area contributed by atoms with E-state index < -0.39 is 29.9 Å². The molecule has 2 aromatic carbocycles. The summed E-state index contributed by atoms with van der Waals surface area (Å²) >= 11 is 5.90. The molecule has 0 spiro atoms. The fraction of sp³-hybridized carbons (Fsp3) is 0.304. The maximum Gasteiger partial charge on any atom is 0.325 e. The maximum absolute atomic E-state index is 12.9. The first kappa shape index (κ1) is 23.3. The molecule has 1 aliphatic heterocycles. The number of rotatable bonds is 7. The molecule has 8 nitrogen and oxygen atoms in total. The van der Waals surface area contributed by atoms with Crippen molar-refractivity contribution >= 4 is 41.0 Å². The van der Waals surface area contributed by atoms with E-state index in [1.54, 1.807) is 60.4 Å². The van der Waals surface area contributed by atoms with Crippen LogP contribution in [0.4, 0.5) is 10.5 Å². The van der Waals surface area contributed by atoms with Gasteiger partial charge in [-0.15, -0.1) is 0 Å². The molecule has 32 heavy (non-hydrogen) atoms. The Balaban J connectivity index is 1.66. The van der Waals surface area contributed by atoms with Crippen LogP contribution in [-0.4, -0.2) is 53.2 Å². The molecule has 1 heterocycles. The molecular formula is C23H25ClN4O4. The van der Waals surface area contributed by atoms with Crippen molar-refractivity contribution in [3.8, 4) is 0 Å². The van der Waals surface area contributed by atoms with Gasteiger partial charge >= 0.3 is 6.03 Å². The molecule has 0 aliphatic carbocycles. The van der Waals surface area contributed by atoms with E-state index in [1.807, 2.05) is 13.8 Å². The summed E-state index contributed by atoms with van der Waals surface area (Å²) in [6.45, 7) is 6.17. The van der Waals surface area contributed by atoms with E-state index in [1.165, 1.54) is 0 Å². The number of amides is 5. The molecule has 168 valence electrons. The molecule has 0 bridgehead atoms. The van der Waals surface area contributed by atoms with Gasteiger partial charge in [-0.1, -0.05) is 23.7 Å².